The minimum absolute atomic E-state index is 0.115. The van der Waals surface area contributed by atoms with Gasteiger partial charge in [-0.15, -0.1) is 0 Å². The summed E-state index contributed by atoms with van der Waals surface area (Å²) in [5, 5.41) is 2.91. The van der Waals surface area contributed by atoms with Gasteiger partial charge in [-0.3, -0.25) is 9.10 Å². The Hall–Kier alpha value is -3.39. The number of carbonyl (C=O) groups excluding carboxylic acids is 1. The summed E-state index contributed by atoms with van der Waals surface area (Å²) in [7, 11) is -2.64. The Morgan fingerprint density at radius 2 is 1.52 bits per heavy atom. The van der Waals surface area contributed by atoms with Crippen molar-refractivity contribution in [2.45, 2.75) is 31.6 Å². The molecule has 1 N–H and O–H groups in total. The van der Waals surface area contributed by atoms with Gasteiger partial charge in [-0.05, 0) is 72.5 Å². The highest BCUT2D eigenvalue weighted by molar-refractivity contribution is 7.92. The molecule has 0 unspecified atom stereocenters. The maximum Gasteiger partial charge on any atom is 0.264 e. The molecule has 1 amide bonds. The number of methoxy groups -OCH3 is 1. The quantitative estimate of drug-likeness (QED) is 0.488. The average molecular weight is 471 g/mol. The highest BCUT2D eigenvalue weighted by Crippen LogP contribution is 2.27. The third-order valence-corrected chi connectivity index (χ3v) is 7.10. The molecular formula is C25H27FN2O4S. The van der Waals surface area contributed by atoms with Crippen molar-refractivity contribution >= 4 is 27.3 Å². The zero-order valence-electron chi connectivity index (χ0n) is 18.8. The second-order valence-corrected chi connectivity index (χ2v) is 9.23. The number of carbonyl (C=O) groups is 1. The summed E-state index contributed by atoms with van der Waals surface area (Å²) in [5.74, 6) is -0.482. The zero-order chi connectivity index (χ0) is 24.0. The SMILES string of the molecule is CCc1cccc(CC)c1NC(=O)CN(c1ccc(OC)cc1)S(=O)(=O)c1ccc(F)cc1. The van der Waals surface area contributed by atoms with E-state index in [9.17, 15) is 17.6 Å². The van der Waals surface area contributed by atoms with E-state index in [4.69, 9.17) is 4.74 Å². The van der Waals surface area contributed by atoms with Crippen molar-refractivity contribution in [3.63, 3.8) is 0 Å². The van der Waals surface area contributed by atoms with Crippen LogP contribution in [-0.2, 0) is 27.7 Å². The Morgan fingerprint density at radius 1 is 0.939 bits per heavy atom. The van der Waals surface area contributed by atoms with E-state index in [1.54, 1.807) is 24.3 Å². The van der Waals surface area contributed by atoms with Gasteiger partial charge < -0.3 is 10.1 Å². The van der Waals surface area contributed by atoms with Crippen LogP contribution in [0.25, 0.3) is 0 Å². The van der Waals surface area contributed by atoms with Crippen LogP contribution in [0.3, 0.4) is 0 Å². The molecule has 0 aliphatic heterocycles. The summed E-state index contributed by atoms with van der Waals surface area (Å²) in [6, 6.07) is 16.7. The monoisotopic (exact) mass is 470 g/mol. The van der Waals surface area contributed by atoms with E-state index in [2.05, 4.69) is 5.32 Å². The molecule has 0 aromatic heterocycles. The van der Waals surface area contributed by atoms with Crippen LogP contribution in [0, 0.1) is 5.82 Å². The molecule has 0 atom stereocenters. The van der Waals surface area contributed by atoms with E-state index >= 15 is 0 Å². The lowest BCUT2D eigenvalue weighted by atomic mass is 10.0. The lowest BCUT2D eigenvalue weighted by Gasteiger charge is -2.25. The summed E-state index contributed by atoms with van der Waals surface area (Å²) in [4.78, 5) is 13.0. The first-order valence-corrected chi connectivity index (χ1v) is 12.1. The van der Waals surface area contributed by atoms with Crippen LogP contribution < -0.4 is 14.4 Å². The van der Waals surface area contributed by atoms with Gasteiger partial charge in [0, 0.05) is 5.69 Å². The summed E-state index contributed by atoms with van der Waals surface area (Å²) in [6.45, 7) is 3.54. The standard InChI is InChI=1S/C25H27FN2O4S/c1-4-18-7-6-8-19(5-2)25(18)27-24(29)17-28(21-11-13-22(32-3)14-12-21)33(30,31)23-15-9-20(26)10-16-23/h6-16H,4-5,17H2,1-3H3,(H,27,29). The van der Waals surface area contributed by atoms with Crippen LogP contribution in [0.15, 0.2) is 71.6 Å². The normalized spacial score (nSPS) is 11.2. The number of aryl methyl sites for hydroxylation is 2. The fourth-order valence-electron chi connectivity index (χ4n) is 3.51. The lowest BCUT2D eigenvalue weighted by Crippen LogP contribution is -2.38. The number of halogens is 1. The second kappa shape index (κ2) is 10.5. The Morgan fingerprint density at radius 3 is 2.03 bits per heavy atom. The van der Waals surface area contributed by atoms with Crippen LogP contribution in [0.1, 0.15) is 25.0 Å². The molecule has 0 fully saturated rings. The highest BCUT2D eigenvalue weighted by atomic mass is 32.2. The highest BCUT2D eigenvalue weighted by Gasteiger charge is 2.28. The van der Waals surface area contributed by atoms with Crippen molar-refractivity contribution in [2.75, 3.05) is 23.3 Å². The number of benzene rings is 3. The van der Waals surface area contributed by atoms with E-state index in [1.807, 2.05) is 32.0 Å². The number of ether oxygens (including phenoxy) is 1. The first-order valence-electron chi connectivity index (χ1n) is 10.6. The van der Waals surface area contributed by atoms with Gasteiger partial charge in [-0.1, -0.05) is 32.0 Å². The first kappa shape index (κ1) is 24.3. The number of hydrogen-bond acceptors (Lipinski definition) is 4. The van der Waals surface area contributed by atoms with Gasteiger partial charge in [0.25, 0.3) is 10.0 Å². The molecule has 33 heavy (non-hydrogen) atoms. The molecule has 0 saturated carbocycles. The molecule has 0 radical (unpaired) electrons. The second-order valence-electron chi connectivity index (χ2n) is 7.37. The fraction of sp³-hybridized carbons (Fsp3) is 0.240. The minimum Gasteiger partial charge on any atom is -0.497 e. The molecule has 6 nitrogen and oxygen atoms in total. The van der Waals surface area contributed by atoms with Gasteiger partial charge in [0.15, 0.2) is 0 Å². The number of anilines is 2. The molecule has 0 bridgehead atoms. The average Bonchev–Trinajstić information content (AvgIpc) is 2.83. The molecule has 0 saturated heterocycles. The van der Waals surface area contributed by atoms with Crippen molar-refractivity contribution in [1.82, 2.24) is 0 Å². The summed E-state index contributed by atoms with van der Waals surface area (Å²) < 4.78 is 46.4. The number of nitrogens with zero attached hydrogens (tertiary/aromatic N) is 1. The van der Waals surface area contributed by atoms with Crippen molar-refractivity contribution in [3.8, 4) is 5.75 Å². The smallest absolute Gasteiger partial charge is 0.264 e. The topological polar surface area (TPSA) is 75.7 Å². The van der Waals surface area contributed by atoms with Crippen molar-refractivity contribution in [3.05, 3.63) is 83.7 Å². The lowest BCUT2D eigenvalue weighted by molar-refractivity contribution is -0.114. The van der Waals surface area contributed by atoms with Gasteiger partial charge in [-0.2, -0.15) is 0 Å². The van der Waals surface area contributed by atoms with Crippen molar-refractivity contribution in [2.24, 2.45) is 0 Å². The third kappa shape index (κ3) is 5.51. The zero-order valence-corrected chi connectivity index (χ0v) is 19.7. The Bertz CT molecular complexity index is 1190. The van der Waals surface area contributed by atoms with Gasteiger partial charge >= 0.3 is 0 Å². The van der Waals surface area contributed by atoms with Crippen LogP contribution in [0.2, 0.25) is 0 Å². The molecule has 8 heteroatoms. The summed E-state index contributed by atoms with van der Waals surface area (Å²) in [5.41, 5.74) is 2.94. The van der Waals surface area contributed by atoms with Gasteiger partial charge in [0.1, 0.15) is 18.1 Å². The predicted molar refractivity (Wildman–Crippen MR) is 128 cm³/mol. The van der Waals surface area contributed by atoms with Gasteiger partial charge in [0.2, 0.25) is 5.91 Å². The summed E-state index contributed by atoms with van der Waals surface area (Å²) in [6.07, 6.45) is 1.44. The molecule has 3 aromatic carbocycles. The number of hydrogen-bond donors (Lipinski definition) is 1. The summed E-state index contributed by atoms with van der Waals surface area (Å²) >= 11 is 0. The largest absolute Gasteiger partial charge is 0.497 e. The van der Waals surface area contributed by atoms with Crippen LogP contribution in [0.5, 0.6) is 5.75 Å². The first-order chi connectivity index (χ1) is 15.8. The van der Waals surface area contributed by atoms with Crippen LogP contribution >= 0.6 is 0 Å². The Kier molecular flexibility index (Phi) is 7.71. The number of sulfonamides is 1. The van der Waals surface area contributed by atoms with Crippen molar-refractivity contribution < 1.29 is 22.3 Å². The van der Waals surface area contributed by atoms with E-state index < -0.39 is 28.3 Å². The maximum absolute atomic E-state index is 13.4. The van der Waals surface area contributed by atoms with E-state index in [-0.39, 0.29) is 10.6 Å². The molecule has 0 aliphatic carbocycles. The molecular weight excluding hydrogens is 443 g/mol. The Balaban J connectivity index is 1.98. The van der Waals surface area contributed by atoms with E-state index in [0.29, 0.717) is 11.4 Å². The van der Waals surface area contributed by atoms with Crippen LogP contribution in [-0.4, -0.2) is 28.0 Å². The van der Waals surface area contributed by atoms with E-state index in [0.717, 1.165) is 40.4 Å². The van der Waals surface area contributed by atoms with Gasteiger partial charge in [0.05, 0.1) is 17.7 Å². The fourth-order valence-corrected chi connectivity index (χ4v) is 4.93. The number of amides is 1. The predicted octanol–water partition coefficient (Wildman–Crippen LogP) is 4.79. The molecule has 3 rings (SSSR count). The molecule has 0 spiro atoms. The molecule has 0 aliphatic rings. The van der Waals surface area contributed by atoms with Crippen molar-refractivity contribution in [1.29, 1.82) is 0 Å². The maximum atomic E-state index is 13.4. The molecule has 0 heterocycles. The van der Waals surface area contributed by atoms with Crippen LogP contribution in [0.4, 0.5) is 15.8 Å². The third-order valence-electron chi connectivity index (χ3n) is 5.31. The van der Waals surface area contributed by atoms with Gasteiger partial charge in [-0.25, -0.2) is 12.8 Å². The molecule has 3 aromatic rings. The molecule has 174 valence electrons. The number of rotatable bonds is 9. The number of para-hydroxylation sites is 1. The minimum atomic E-state index is -4.14. The number of nitrogens with one attached hydrogen (secondary N) is 1. The van der Waals surface area contributed by atoms with E-state index in [1.165, 1.54) is 19.2 Å². The Labute approximate surface area is 194 Å².